The first-order valence-corrected chi connectivity index (χ1v) is 5.02. The fourth-order valence-corrected chi connectivity index (χ4v) is 1.50. The third kappa shape index (κ3) is 4.29. The standard InChI is InChI=1S/C9H15ClN2O/c10-5-1-6-11-8-2-3-9(13)12-7-4-8/h1,5,8,11H,2-4,6-7H2,(H,12,13)/b5-1+. The lowest BCUT2D eigenvalue weighted by Crippen LogP contribution is -2.30. The van der Waals surface area contributed by atoms with Gasteiger partial charge in [-0.15, -0.1) is 0 Å². The molecule has 74 valence electrons. The Balaban J connectivity index is 2.21. The zero-order chi connectivity index (χ0) is 9.52. The molecule has 1 amide bonds. The van der Waals surface area contributed by atoms with Crippen LogP contribution >= 0.6 is 11.6 Å². The summed E-state index contributed by atoms with van der Waals surface area (Å²) in [4.78, 5) is 11.0. The molecule has 1 heterocycles. The highest BCUT2D eigenvalue weighted by molar-refractivity contribution is 6.25. The highest BCUT2D eigenvalue weighted by atomic mass is 35.5. The lowest BCUT2D eigenvalue weighted by atomic mass is 10.1. The number of rotatable bonds is 3. The second kappa shape index (κ2) is 6.00. The molecule has 13 heavy (non-hydrogen) atoms. The summed E-state index contributed by atoms with van der Waals surface area (Å²) in [5.41, 5.74) is 1.51. The summed E-state index contributed by atoms with van der Waals surface area (Å²) >= 11 is 5.39. The van der Waals surface area contributed by atoms with Crippen LogP contribution in [0.1, 0.15) is 19.3 Å². The van der Waals surface area contributed by atoms with E-state index in [1.807, 2.05) is 6.08 Å². The molecule has 1 fully saturated rings. The maximum absolute atomic E-state index is 11.0. The number of carbonyl (C=O) groups is 1. The van der Waals surface area contributed by atoms with E-state index in [9.17, 15) is 4.79 Å². The lowest BCUT2D eigenvalue weighted by Gasteiger charge is -2.13. The highest BCUT2D eigenvalue weighted by Crippen LogP contribution is 2.05. The number of carbonyl (C=O) groups excluding carboxylic acids is 1. The van der Waals surface area contributed by atoms with Gasteiger partial charge in [0.15, 0.2) is 0 Å². The van der Waals surface area contributed by atoms with Crippen molar-refractivity contribution in [2.45, 2.75) is 25.3 Å². The zero-order valence-electron chi connectivity index (χ0n) is 7.55. The molecule has 1 saturated heterocycles. The molecule has 3 nitrogen and oxygen atoms in total. The SMILES string of the molecule is O=C1CCC(NC/C=C/Cl)CCN1. The molecule has 4 heteroatoms. The van der Waals surface area contributed by atoms with Gasteiger partial charge in [0, 0.05) is 31.1 Å². The van der Waals surface area contributed by atoms with Crippen molar-refractivity contribution >= 4 is 17.5 Å². The van der Waals surface area contributed by atoms with Gasteiger partial charge in [0.05, 0.1) is 0 Å². The Labute approximate surface area is 83.5 Å². The molecule has 0 spiro atoms. The monoisotopic (exact) mass is 202 g/mol. The predicted molar refractivity (Wildman–Crippen MR) is 53.6 cm³/mol. The second-order valence-electron chi connectivity index (χ2n) is 3.14. The van der Waals surface area contributed by atoms with Gasteiger partial charge in [-0.25, -0.2) is 0 Å². The van der Waals surface area contributed by atoms with Crippen LogP contribution in [0.4, 0.5) is 0 Å². The highest BCUT2D eigenvalue weighted by Gasteiger charge is 2.14. The van der Waals surface area contributed by atoms with Gasteiger partial charge in [-0.3, -0.25) is 4.79 Å². The van der Waals surface area contributed by atoms with Gasteiger partial charge in [0.1, 0.15) is 0 Å². The van der Waals surface area contributed by atoms with Crippen LogP contribution < -0.4 is 10.6 Å². The number of hydrogen-bond acceptors (Lipinski definition) is 2. The van der Waals surface area contributed by atoms with Crippen molar-refractivity contribution in [2.24, 2.45) is 0 Å². The number of nitrogens with one attached hydrogen (secondary N) is 2. The molecular formula is C9H15ClN2O. The van der Waals surface area contributed by atoms with Crippen molar-refractivity contribution in [2.75, 3.05) is 13.1 Å². The second-order valence-corrected chi connectivity index (χ2v) is 3.40. The molecule has 1 aliphatic heterocycles. The van der Waals surface area contributed by atoms with Gasteiger partial charge >= 0.3 is 0 Å². The van der Waals surface area contributed by atoms with E-state index in [1.165, 1.54) is 5.54 Å². The molecule has 1 atom stereocenters. The van der Waals surface area contributed by atoms with Crippen molar-refractivity contribution in [3.63, 3.8) is 0 Å². The van der Waals surface area contributed by atoms with E-state index in [1.54, 1.807) is 0 Å². The van der Waals surface area contributed by atoms with Gasteiger partial charge in [-0.05, 0) is 12.8 Å². The summed E-state index contributed by atoms with van der Waals surface area (Å²) < 4.78 is 0. The molecule has 1 unspecified atom stereocenters. The van der Waals surface area contributed by atoms with Gasteiger partial charge in [-0.2, -0.15) is 0 Å². The maximum atomic E-state index is 11.0. The van der Waals surface area contributed by atoms with Crippen LogP contribution in [0, 0.1) is 0 Å². The van der Waals surface area contributed by atoms with Crippen LogP contribution in [-0.4, -0.2) is 25.0 Å². The summed E-state index contributed by atoms with van der Waals surface area (Å²) in [6.45, 7) is 1.56. The van der Waals surface area contributed by atoms with Gasteiger partial charge in [0.25, 0.3) is 0 Å². The minimum atomic E-state index is 0.164. The fraction of sp³-hybridized carbons (Fsp3) is 0.667. The van der Waals surface area contributed by atoms with Crippen LogP contribution in [0.2, 0.25) is 0 Å². The van der Waals surface area contributed by atoms with E-state index >= 15 is 0 Å². The Bertz CT molecular complexity index is 194. The summed E-state index contributed by atoms with van der Waals surface area (Å²) in [5, 5.41) is 6.16. The molecule has 0 aliphatic carbocycles. The van der Waals surface area contributed by atoms with Crippen LogP contribution in [0.3, 0.4) is 0 Å². The van der Waals surface area contributed by atoms with Gasteiger partial charge in [0.2, 0.25) is 5.91 Å². The molecule has 0 aromatic carbocycles. The maximum Gasteiger partial charge on any atom is 0.220 e. The van der Waals surface area contributed by atoms with Gasteiger partial charge in [-0.1, -0.05) is 17.7 Å². The normalized spacial score (nSPS) is 24.4. The van der Waals surface area contributed by atoms with Crippen LogP contribution in [-0.2, 0) is 4.79 Å². The first-order valence-electron chi connectivity index (χ1n) is 4.58. The molecule has 0 bridgehead atoms. The van der Waals surface area contributed by atoms with Crippen LogP contribution in [0.25, 0.3) is 0 Å². The summed E-state index contributed by atoms with van der Waals surface area (Å²) in [5.74, 6) is 0.164. The van der Waals surface area contributed by atoms with Crippen molar-refractivity contribution in [1.82, 2.24) is 10.6 Å². The van der Waals surface area contributed by atoms with Gasteiger partial charge < -0.3 is 10.6 Å². The molecule has 0 aromatic rings. The minimum Gasteiger partial charge on any atom is -0.356 e. The van der Waals surface area contributed by atoms with E-state index in [-0.39, 0.29) is 5.91 Å². The predicted octanol–water partition coefficient (Wildman–Crippen LogP) is 0.997. The van der Waals surface area contributed by atoms with Crippen molar-refractivity contribution < 1.29 is 4.79 Å². The van der Waals surface area contributed by atoms with E-state index in [0.717, 1.165) is 25.9 Å². The Kier molecular flexibility index (Phi) is 4.86. The van der Waals surface area contributed by atoms with E-state index in [0.29, 0.717) is 12.5 Å². The Hall–Kier alpha value is -0.540. The third-order valence-corrected chi connectivity index (χ3v) is 2.33. The number of amides is 1. The summed E-state index contributed by atoms with van der Waals surface area (Å²) in [7, 11) is 0. The van der Waals surface area contributed by atoms with Crippen LogP contribution in [0.5, 0.6) is 0 Å². The smallest absolute Gasteiger partial charge is 0.220 e. The molecule has 1 aliphatic rings. The molecule has 0 aromatic heterocycles. The van der Waals surface area contributed by atoms with E-state index < -0.39 is 0 Å². The lowest BCUT2D eigenvalue weighted by molar-refractivity contribution is -0.120. The fourth-order valence-electron chi connectivity index (χ4n) is 1.41. The van der Waals surface area contributed by atoms with Crippen LogP contribution in [0.15, 0.2) is 11.6 Å². The molecule has 0 saturated carbocycles. The summed E-state index contributed by atoms with van der Waals surface area (Å²) in [6, 6.07) is 0.437. The molecule has 0 radical (unpaired) electrons. The first-order chi connectivity index (χ1) is 6.33. The average Bonchev–Trinajstić information content (AvgIpc) is 2.32. The Morgan fingerprint density at radius 3 is 3.23 bits per heavy atom. The average molecular weight is 203 g/mol. The molecule has 2 N–H and O–H groups in total. The topological polar surface area (TPSA) is 41.1 Å². The first kappa shape index (κ1) is 10.5. The third-order valence-electron chi connectivity index (χ3n) is 2.15. The number of halogens is 1. The summed E-state index contributed by atoms with van der Waals surface area (Å²) in [6.07, 6.45) is 4.41. The Morgan fingerprint density at radius 2 is 2.46 bits per heavy atom. The minimum absolute atomic E-state index is 0.164. The number of hydrogen-bond donors (Lipinski definition) is 2. The largest absolute Gasteiger partial charge is 0.356 e. The van der Waals surface area contributed by atoms with Crippen molar-refractivity contribution in [3.05, 3.63) is 11.6 Å². The molecular weight excluding hydrogens is 188 g/mol. The van der Waals surface area contributed by atoms with Crippen molar-refractivity contribution in [3.8, 4) is 0 Å². The van der Waals surface area contributed by atoms with Crippen molar-refractivity contribution in [1.29, 1.82) is 0 Å². The quantitative estimate of drug-likeness (QED) is 0.717. The van der Waals surface area contributed by atoms with E-state index in [2.05, 4.69) is 10.6 Å². The van der Waals surface area contributed by atoms with E-state index in [4.69, 9.17) is 11.6 Å². The zero-order valence-corrected chi connectivity index (χ0v) is 8.31. The molecule has 1 rings (SSSR count). The Morgan fingerprint density at radius 1 is 1.62 bits per heavy atom.